The highest BCUT2D eigenvalue weighted by Gasteiger charge is 2.26. The highest BCUT2D eigenvalue weighted by Crippen LogP contribution is 2.28. The van der Waals surface area contributed by atoms with Gasteiger partial charge in [-0.15, -0.1) is 0 Å². The lowest BCUT2D eigenvalue weighted by Crippen LogP contribution is -2.27. The van der Waals surface area contributed by atoms with E-state index in [1.165, 1.54) is 44.4 Å². The van der Waals surface area contributed by atoms with Crippen LogP contribution in [0.1, 0.15) is 11.1 Å². The first-order chi connectivity index (χ1) is 7.58. The summed E-state index contributed by atoms with van der Waals surface area (Å²) in [5.41, 5.74) is 10.4. The quantitative estimate of drug-likeness (QED) is 0.424. The third-order valence-electron chi connectivity index (χ3n) is 3.66. The zero-order chi connectivity index (χ0) is 11.4. The average Bonchev–Trinajstić information content (AvgIpc) is 2.78. The molecule has 1 aromatic rings. The Morgan fingerprint density at radius 1 is 0.812 bits per heavy atom. The molecule has 0 saturated carbocycles. The Morgan fingerprint density at radius 2 is 1.19 bits per heavy atom. The maximum Gasteiger partial charge on any atom is 0.201 e. The zero-order valence-corrected chi connectivity index (χ0v) is 10.3. The van der Waals surface area contributed by atoms with E-state index >= 15 is 0 Å². The van der Waals surface area contributed by atoms with Crippen molar-refractivity contribution in [1.82, 2.24) is 0 Å². The van der Waals surface area contributed by atoms with Gasteiger partial charge in [0.25, 0.3) is 0 Å². The van der Waals surface area contributed by atoms with Crippen LogP contribution in [0.25, 0.3) is 0 Å². The van der Waals surface area contributed by atoms with E-state index in [2.05, 4.69) is 39.5 Å². The van der Waals surface area contributed by atoms with Gasteiger partial charge in [-0.3, -0.25) is 9.98 Å². The van der Waals surface area contributed by atoms with E-state index in [1.54, 1.807) is 0 Å². The Labute approximate surface area is 98.9 Å². The highest BCUT2D eigenvalue weighted by atomic mass is 14.8. The summed E-state index contributed by atoms with van der Waals surface area (Å²) in [6, 6.07) is 0. The molecule has 0 aromatic heterocycles. The fraction of sp³-hybridized carbons (Fsp3) is 0.200. The fourth-order valence-corrected chi connectivity index (χ4v) is 2.80. The van der Waals surface area contributed by atoms with Gasteiger partial charge in [-0.05, 0) is 35.9 Å². The van der Waals surface area contributed by atoms with Crippen molar-refractivity contribution in [1.29, 1.82) is 0 Å². The highest BCUT2D eigenvalue weighted by molar-refractivity contribution is 7.07. The van der Waals surface area contributed by atoms with Crippen molar-refractivity contribution in [3.8, 4) is 0 Å². The topological polar surface area (TPSA) is 24.7 Å². The van der Waals surface area contributed by atoms with E-state index in [1.807, 2.05) is 0 Å². The Kier molecular flexibility index (Phi) is 1.97. The maximum absolute atomic E-state index is 4.68. The van der Waals surface area contributed by atoms with Crippen molar-refractivity contribution in [3.05, 3.63) is 11.1 Å². The number of hydrogen-bond acceptors (Lipinski definition) is 2. The van der Waals surface area contributed by atoms with Crippen LogP contribution in [0.5, 0.6) is 0 Å². The molecular weight excluding hydrogens is 191 g/mol. The summed E-state index contributed by atoms with van der Waals surface area (Å²) in [6.07, 6.45) is 0. The van der Waals surface area contributed by atoms with Crippen LogP contribution in [-0.2, 0) is 0 Å². The van der Waals surface area contributed by atoms with Crippen molar-refractivity contribution in [3.63, 3.8) is 0 Å². The largest absolute Gasteiger partial charge is 0.278 e. The summed E-state index contributed by atoms with van der Waals surface area (Å²) in [5.74, 6) is 0. The third kappa shape index (κ3) is 1.19. The summed E-state index contributed by atoms with van der Waals surface area (Å²) in [6.45, 7) is 4.38. The lowest BCUT2D eigenvalue weighted by atomic mass is 9.55. The molecule has 0 atom stereocenters. The van der Waals surface area contributed by atoms with E-state index in [0.717, 1.165) is 14.6 Å². The first-order valence-electron chi connectivity index (χ1n) is 5.81. The van der Waals surface area contributed by atoms with Crippen LogP contribution >= 0.6 is 0 Å². The molecule has 2 nitrogen and oxygen atoms in total. The van der Waals surface area contributed by atoms with E-state index in [-0.39, 0.29) is 0 Å². The molecule has 74 valence electrons. The molecule has 0 spiro atoms. The number of rotatable bonds is 0. The van der Waals surface area contributed by atoms with E-state index in [9.17, 15) is 0 Å². The predicted molar refractivity (Wildman–Crippen MR) is 80.8 cm³/mol. The molecule has 2 aliphatic heterocycles. The molecular formula is C10H12B4N2. The number of fused-ring (bicyclic) bond motifs is 2. The normalized spacial score (nSPS) is 15.9. The second kappa shape index (κ2) is 3.16. The van der Waals surface area contributed by atoms with Crippen molar-refractivity contribution < 1.29 is 0 Å². The summed E-state index contributed by atoms with van der Waals surface area (Å²) in [4.78, 5) is 9.36. The first-order valence-corrected chi connectivity index (χ1v) is 5.81. The van der Waals surface area contributed by atoms with Gasteiger partial charge in [0, 0.05) is 0 Å². The zero-order valence-electron chi connectivity index (χ0n) is 10.3. The minimum atomic E-state index is 1.00. The molecule has 0 amide bonds. The van der Waals surface area contributed by atoms with Gasteiger partial charge in [0.15, 0.2) is 0 Å². The number of aliphatic imine (C=N–C) groups is 2. The Morgan fingerprint density at radius 3 is 1.56 bits per heavy atom. The van der Waals surface area contributed by atoms with Gasteiger partial charge in [0.05, 0.1) is 11.4 Å². The van der Waals surface area contributed by atoms with Gasteiger partial charge >= 0.3 is 0 Å². The molecule has 3 rings (SSSR count). The Hall–Kier alpha value is -1.18. The maximum atomic E-state index is 4.68. The first kappa shape index (κ1) is 10.0. The molecule has 0 fully saturated rings. The SMILES string of the molecule is BC1=Nc2c(C)c3c(c(C)c2B1)N=C(B)B3. The fourth-order valence-electron chi connectivity index (χ4n) is 2.80. The van der Waals surface area contributed by atoms with Gasteiger partial charge < -0.3 is 0 Å². The Balaban J connectivity index is 2.32. The summed E-state index contributed by atoms with van der Waals surface area (Å²) >= 11 is 0. The van der Waals surface area contributed by atoms with E-state index in [4.69, 9.17) is 0 Å². The molecule has 0 aliphatic carbocycles. The van der Waals surface area contributed by atoms with Crippen LogP contribution in [0, 0.1) is 13.8 Å². The third-order valence-corrected chi connectivity index (χ3v) is 3.66. The minimum Gasteiger partial charge on any atom is -0.278 e. The predicted octanol–water partition coefficient (Wildman–Crippen LogP) is -2.30. The average molecular weight is 203 g/mol. The van der Waals surface area contributed by atoms with Crippen LogP contribution in [0.3, 0.4) is 0 Å². The van der Waals surface area contributed by atoms with Crippen molar-refractivity contribution in [2.45, 2.75) is 13.8 Å². The molecule has 2 aliphatic rings. The summed E-state index contributed by atoms with van der Waals surface area (Å²) < 4.78 is 0. The second-order valence-electron chi connectivity index (χ2n) is 4.95. The molecule has 0 bridgehead atoms. The number of hydrogen-bond donors (Lipinski definition) is 0. The molecule has 2 heterocycles. The standard InChI is InChI=1S/C10H12B4N2/c1-3-5-8(16-9(11)13-5)4(2)6-7(3)15-10(12)14-6/h13-14H,11-12H2,1-2H3. The van der Waals surface area contributed by atoms with Crippen LogP contribution in [-0.4, -0.2) is 41.3 Å². The van der Waals surface area contributed by atoms with Gasteiger partial charge in [0.1, 0.15) is 15.7 Å². The van der Waals surface area contributed by atoms with Crippen LogP contribution in [0.15, 0.2) is 9.98 Å². The monoisotopic (exact) mass is 204 g/mol. The van der Waals surface area contributed by atoms with Crippen molar-refractivity contribution >= 4 is 63.6 Å². The van der Waals surface area contributed by atoms with Crippen molar-refractivity contribution in [2.75, 3.05) is 0 Å². The molecule has 0 N–H and O–H groups in total. The summed E-state index contributed by atoms with van der Waals surface area (Å²) in [7, 11) is 6.23. The minimum absolute atomic E-state index is 1.00. The lowest BCUT2D eigenvalue weighted by Gasteiger charge is -2.12. The van der Waals surface area contributed by atoms with Gasteiger partial charge in [-0.25, -0.2) is 0 Å². The summed E-state index contributed by atoms with van der Waals surface area (Å²) in [5, 5.41) is 0. The Bertz CT molecular complexity index is 523. The molecule has 0 unspecified atom stereocenters. The molecule has 6 heteroatoms. The molecule has 1 aromatic carbocycles. The molecule has 0 radical (unpaired) electrons. The van der Waals surface area contributed by atoms with Gasteiger partial charge in [-0.1, -0.05) is 11.0 Å². The lowest BCUT2D eigenvalue weighted by molar-refractivity contribution is 1.40. The molecule has 16 heavy (non-hydrogen) atoms. The van der Waals surface area contributed by atoms with Gasteiger partial charge in [0.2, 0.25) is 14.6 Å². The second-order valence-corrected chi connectivity index (χ2v) is 4.95. The number of nitrogens with zero attached hydrogens (tertiary/aromatic N) is 2. The van der Waals surface area contributed by atoms with Crippen LogP contribution in [0.2, 0.25) is 0 Å². The van der Waals surface area contributed by atoms with E-state index in [0.29, 0.717) is 0 Å². The van der Waals surface area contributed by atoms with Crippen molar-refractivity contribution in [2.24, 2.45) is 9.98 Å². The number of benzene rings is 1. The smallest absolute Gasteiger partial charge is 0.201 e. The van der Waals surface area contributed by atoms with Gasteiger partial charge in [-0.2, -0.15) is 0 Å². The van der Waals surface area contributed by atoms with Crippen LogP contribution in [0.4, 0.5) is 11.4 Å². The molecule has 0 saturated heterocycles. The van der Waals surface area contributed by atoms with E-state index < -0.39 is 0 Å². The van der Waals surface area contributed by atoms with Crippen LogP contribution < -0.4 is 10.9 Å².